The maximum Gasteiger partial charge on any atom is 0.321 e. The van der Waals surface area contributed by atoms with E-state index in [0.717, 1.165) is 24.6 Å². The van der Waals surface area contributed by atoms with Crippen LogP contribution in [0.25, 0.3) is 11.0 Å². The van der Waals surface area contributed by atoms with Crippen molar-refractivity contribution in [1.82, 2.24) is 9.80 Å². The van der Waals surface area contributed by atoms with Crippen LogP contribution < -0.4 is 14.8 Å². The van der Waals surface area contributed by atoms with Crippen LogP contribution >= 0.6 is 0 Å². The predicted octanol–water partition coefficient (Wildman–Crippen LogP) is 4.61. The number of urea groups is 1. The van der Waals surface area contributed by atoms with Gasteiger partial charge < -0.3 is 29.0 Å². The molecule has 0 radical (unpaired) electrons. The van der Waals surface area contributed by atoms with Crippen molar-refractivity contribution in [2.24, 2.45) is 5.41 Å². The van der Waals surface area contributed by atoms with Crippen LogP contribution in [-0.4, -0.2) is 62.1 Å². The van der Waals surface area contributed by atoms with E-state index in [2.05, 4.69) is 5.32 Å². The van der Waals surface area contributed by atoms with Gasteiger partial charge in [-0.15, -0.1) is 0 Å². The third-order valence-corrected chi connectivity index (χ3v) is 7.12. The first-order valence-electron chi connectivity index (χ1n) is 11.6. The molecule has 0 atom stereocenters. The van der Waals surface area contributed by atoms with Gasteiger partial charge in [-0.2, -0.15) is 0 Å². The predicted molar refractivity (Wildman–Crippen MR) is 129 cm³/mol. The molecule has 3 aromatic rings. The average molecular weight is 464 g/mol. The lowest BCUT2D eigenvalue weighted by Gasteiger charge is -2.39. The number of carbonyl (C=O) groups excluding carboxylic acids is 2. The van der Waals surface area contributed by atoms with Gasteiger partial charge in [0.2, 0.25) is 0 Å². The number of para-hydroxylation sites is 3. The summed E-state index contributed by atoms with van der Waals surface area (Å²) in [6, 6.07) is 14.7. The Morgan fingerprint density at radius 1 is 0.912 bits per heavy atom. The number of fused-ring (bicyclic) bond motifs is 1. The average Bonchev–Trinajstić information content (AvgIpc) is 3.49. The zero-order valence-corrected chi connectivity index (χ0v) is 19.5. The fraction of sp³-hybridized carbons (Fsp3) is 0.385. The maximum atomic E-state index is 13.2. The quantitative estimate of drug-likeness (QED) is 0.611. The number of carbonyl (C=O) groups is 2. The van der Waals surface area contributed by atoms with Crippen LogP contribution in [0.2, 0.25) is 0 Å². The summed E-state index contributed by atoms with van der Waals surface area (Å²) in [5.74, 6) is 1.50. The Morgan fingerprint density at radius 3 is 2.32 bits per heavy atom. The van der Waals surface area contributed by atoms with E-state index in [1.807, 2.05) is 52.3 Å². The van der Waals surface area contributed by atoms with Gasteiger partial charge in [-0.05, 0) is 48.9 Å². The molecule has 34 heavy (non-hydrogen) atoms. The molecule has 2 aliphatic heterocycles. The number of furan rings is 1. The lowest BCUT2D eigenvalue weighted by molar-refractivity contribution is 0.0711. The van der Waals surface area contributed by atoms with Gasteiger partial charge in [-0.25, -0.2) is 4.79 Å². The Kier molecular flexibility index (Phi) is 5.81. The molecule has 0 saturated carbocycles. The molecule has 3 amide bonds. The number of anilines is 1. The van der Waals surface area contributed by atoms with E-state index in [0.29, 0.717) is 54.7 Å². The minimum atomic E-state index is -0.124. The van der Waals surface area contributed by atoms with E-state index >= 15 is 0 Å². The number of nitrogens with zero attached hydrogens (tertiary/aromatic N) is 2. The van der Waals surface area contributed by atoms with E-state index in [9.17, 15) is 9.59 Å². The van der Waals surface area contributed by atoms with Crippen LogP contribution in [0.1, 0.15) is 29.8 Å². The number of methoxy groups -OCH3 is 2. The van der Waals surface area contributed by atoms with Crippen molar-refractivity contribution in [2.45, 2.75) is 19.3 Å². The second kappa shape index (κ2) is 8.93. The molecule has 0 aliphatic carbocycles. The smallest absolute Gasteiger partial charge is 0.321 e. The fourth-order valence-electron chi connectivity index (χ4n) is 5.10. The fourth-order valence-corrected chi connectivity index (χ4v) is 5.10. The molecule has 8 nitrogen and oxygen atoms in total. The van der Waals surface area contributed by atoms with Crippen molar-refractivity contribution in [3.63, 3.8) is 0 Å². The van der Waals surface area contributed by atoms with Crippen molar-refractivity contribution >= 4 is 28.6 Å². The Bertz CT molecular complexity index is 1210. The van der Waals surface area contributed by atoms with Crippen LogP contribution in [0.15, 0.2) is 52.9 Å². The van der Waals surface area contributed by atoms with E-state index in [4.69, 9.17) is 13.9 Å². The second-order valence-electron chi connectivity index (χ2n) is 9.08. The summed E-state index contributed by atoms with van der Waals surface area (Å²) in [7, 11) is 3.18. The molecule has 178 valence electrons. The highest BCUT2D eigenvalue weighted by atomic mass is 16.5. The number of piperidine rings is 1. The summed E-state index contributed by atoms with van der Waals surface area (Å²) in [4.78, 5) is 29.7. The molecule has 0 bridgehead atoms. The maximum absolute atomic E-state index is 13.2. The molecule has 2 fully saturated rings. The minimum absolute atomic E-state index is 0.0422. The van der Waals surface area contributed by atoms with Gasteiger partial charge in [0.05, 0.1) is 19.9 Å². The lowest BCUT2D eigenvalue weighted by atomic mass is 9.78. The molecule has 1 spiro atoms. The molecular weight excluding hydrogens is 434 g/mol. The number of likely N-dealkylation sites (tertiary alicyclic amines) is 2. The number of nitrogens with one attached hydrogen (secondary N) is 1. The zero-order valence-electron chi connectivity index (χ0n) is 19.5. The Labute approximate surface area is 198 Å². The van der Waals surface area contributed by atoms with E-state index < -0.39 is 0 Å². The van der Waals surface area contributed by atoms with Gasteiger partial charge >= 0.3 is 6.03 Å². The highest BCUT2D eigenvalue weighted by Gasteiger charge is 2.43. The topological polar surface area (TPSA) is 84.2 Å². The summed E-state index contributed by atoms with van der Waals surface area (Å²) in [6.07, 6.45) is 2.67. The highest BCUT2D eigenvalue weighted by molar-refractivity contribution is 5.97. The molecule has 3 heterocycles. The first kappa shape index (κ1) is 22.1. The molecule has 8 heteroatoms. The third kappa shape index (κ3) is 4.04. The van der Waals surface area contributed by atoms with Crippen molar-refractivity contribution < 1.29 is 23.5 Å². The Hall–Kier alpha value is -3.68. The highest BCUT2D eigenvalue weighted by Crippen LogP contribution is 2.41. The monoisotopic (exact) mass is 463 g/mol. The number of hydrogen-bond donors (Lipinski definition) is 1. The first-order chi connectivity index (χ1) is 16.5. The normalized spacial score (nSPS) is 17.2. The van der Waals surface area contributed by atoms with Crippen LogP contribution in [-0.2, 0) is 0 Å². The number of amides is 3. The lowest BCUT2D eigenvalue weighted by Crippen LogP contribution is -2.46. The molecule has 5 rings (SSSR count). The standard InChI is InChI=1S/C26H29N3O5/c1-32-20-8-4-3-7-19(20)27-25(31)28-13-10-26(11-14-28)12-15-29(17-26)24(30)22-16-18-6-5-9-21(33-2)23(18)34-22/h3-9,16H,10-15,17H2,1-2H3,(H,27,31). The largest absolute Gasteiger partial charge is 0.495 e. The SMILES string of the molecule is COc1ccccc1NC(=O)N1CCC2(CC1)CCN(C(=O)c1cc3cccc(OC)c3o1)C2. The molecule has 2 saturated heterocycles. The molecule has 1 N–H and O–H groups in total. The van der Waals surface area contributed by atoms with Gasteiger partial charge in [-0.3, -0.25) is 4.79 Å². The van der Waals surface area contributed by atoms with E-state index in [-0.39, 0.29) is 17.4 Å². The van der Waals surface area contributed by atoms with Crippen molar-refractivity contribution in [2.75, 3.05) is 45.7 Å². The summed E-state index contributed by atoms with van der Waals surface area (Å²) in [5.41, 5.74) is 1.30. The summed E-state index contributed by atoms with van der Waals surface area (Å²) in [6.45, 7) is 2.69. The van der Waals surface area contributed by atoms with Crippen molar-refractivity contribution in [3.05, 3.63) is 54.3 Å². The van der Waals surface area contributed by atoms with Gasteiger partial charge in [0.1, 0.15) is 5.75 Å². The molecule has 2 aliphatic rings. The number of benzene rings is 2. The molecular formula is C26H29N3O5. The van der Waals surface area contributed by atoms with E-state index in [1.54, 1.807) is 20.3 Å². The third-order valence-electron chi connectivity index (χ3n) is 7.12. The molecule has 1 aromatic heterocycles. The van der Waals surface area contributed by atoms with Crippen LogP contribution in [0.3, 0.4) is 0 Å². The molecule has 2 aromatic carbocycles. The van der Waals surface area contributed by atoms with E-state index in [1.165, 1.54) is 0 Å². The van der Waals surface area contributed by atoms with Crippen LogP contribution in [0.5, 0.6) is 11.5 Å². The van der Waals surface area contributed by atoms with Crippen molar-refractivity contribution in [1.29, 1.82) is 0 Å². The summed E-state index contributed by atoms with van der Waals surface area (Å²) in [5, 5.41) is 3.81. The molecule has 0 unspecified atom stereocenters. The first-order valence-corrected chi connectivity index (χ1v) is 11.6. The van der Waals surface area contributed by atoms with Crippen molar-refractivity contribution in [3.8, 4) is 11.5 Å². The number of hydrogen-bond acceptors (Lipinski definition) is 5. The second-order valence-corrected chi connectivity index (χ2v) is 9.08. The van der Waals surface area contributed by atoms with Gasteiger partial charge in [0.25, 0.3) is 5.91 Å². The Balaban J connectivity index is 1.21. The summed E-state index contributed by atoms with van der Waals surface area (Å²) >= 11 is 0. The van der Waals surface area contributed by atoms with Gasteiger partial charge in [-0.1, -0.05) is 24.3 Å². The zero-order chi connectivity index (χ0) is 23.7. The minimum Gasteiger partial charge on any atom is -0.495 e. The van der Waals surface area contributed by atoms with Crippen LogP contribution in [0.4, 0.5) is 10.5 Å². The number of ether oxygens (including phenoxy) is 2. The summed E-state index contributed by atoms with van der Waals surface area (Å²) < 4.78 is 16.6. The number of rotatable bonds is 4. The van der Waals surface area contributed by atoms with Crippen LogP contribution in [0, 0.1) is 5.41 Å². The Morgan fingerprint density at radius 2 is 1.59 bits per heavy atom. The van der Waals surface area contributed by atoms with Gasteiger partial charge in [0.15, 0.2) is 17.1 Å². The van der Waals surface area contributed by atoms with Gasteiger partial charge in [0, 0.05) is 31.6 Å².